The number of ether oxygens (including phenoxy) is 2. The number of aromatic nitrogens is 4. The molecule has 4 aromatic carbocycles. The van der Waals surface area contributed by atoms with Crippen LogP contribution in [0.5, 0.6) is 23.0 Å². The molecule has 0 saturated carbocycles. The Hall–Kier alpha value is -5.63. The SMILES string of the molecule is CC(C)[C@H](C)C(=O)N1CCC[C@H]1c1ncc(-c2ccc(I)c(Oc3ccccc3)c2)[nH]1.CC(C)[C@H](C)C(=O)N1CCC[C@H]1c1ncc(-c2ccc(N)c(Oc3ccccc3)c2)[nH]1. The van der Waals surface area contributed by atoms with Crippen LogP contribution in [0.3, 0.4) is 0 Å². The number of hydrogen-bond acceptors (Lipinski definition) is 7. The lowest BCUT2D eigenvalue weighted by Crippen LogP contribution is -2.36. The zero-order valence-electron chi connectivity index (χ0n) is 36.5. The lowest BCUT2D eigenvalue weighted by atomic mass is 9.96. The van der Waals surface area contributed by atoms with E-state index in [1.165, 1.54) is 0 Å². The van der Waals surface area contributed by atoms with E-state index in [1.807, 2.05) is 127 Å². The van der Waals surface area contributed by atoms with Crippen LogP contribution in [0.4, 0.5) is 5.69 Å². The van der Waals surface area contributed by atoms with Crippen LogP contribution >= 0.6 is 22.6 Å². The summed E-state index contributed by atoms with van der Waals surface area (Å²) >= 11 is 2.29. The number of nitrogens with one attached hydrogen (secondary N) is 2. The Morgan fingerprint density at radius 2 is 1.08 bits per heavy atom. The highest BCUT2D eigenvalue weighted by atomic mass is 127. The molecule has 2 amide bonds. The van der Waals surface area contributed by atoms with E-state index in [9.17, 15) is 9.59 Å². The summed E-state index contributed by atoms with van der Waals surface area (Å²) < 4.78 is 13.1. The zero-order valence-corrected chi connectivity index (χ0v) is 38.6. The van der Waals surface area contributed by atoms with Gasteiger partial charge in [0.25, 0.3) is 0 Å². The van der Waals surface area contributed by atoms with Crippen LogP contribution in [-0.4, -0.2) is 54.6 Å². The van der Waals surface area contributed by atoms with Gasteiger partial charge in [0.15, 0.2) is 5.75 Å². The number of nitrogen functional groups attached to an aromatic ring is 1. The second-order valence-corrected chi connectivity index (χ2v) is 18.2. The van der Waals surface area contributed by atoms with E-state index in [-0.39, 0.29) is 35.7 Å². The first-order valence-corrected chi connectivity index (χ1v) is 22.8. The van der Waals surface area contributed by atoms with Crippen molar-refractivity contribution < 1.29 is 19.1 Å². The van der Waals surface area contributed by atoms with Gasteiger partial charge in [0.1, 0.15) is 28.9 Å². The molecule has 0 spiro atoms. The highest BCUT2D eigenvalue weighted by Gasteiger charge is 2.36. The maximum atomic E-state index is 13.0. The lowest BCUT2D eigenvalue weighted by molar-refractivity contribution is -0.138. The highest BCUT2D eigenvalue weighted by Crippen LogP contribution is 2.38. The molecular weight excluding hydrogens is 889 g/mol. The summed E-state index contributed by atoms with van der Waals surface area (Å²) in [6.07, 6.45) is 7.55. The third-order valence-corrected chi connectivity index (χ3v) is 13.1. The van der Waals surface area contributed by atoms with E-state index in [1.54, 1.807) is 0 Å². The normalized spacial score (nSPS) is 17.2. The van der Waals surface area contributed by atoms with Gasteiger partial charge in [0, 0.05) is 36.1 Å². The third kappa shape index (κ3) is 10.3. The third-order valence-electron chi connectivity index (χ3n) is 12.2. The van der Waals surface area contributed by atoms with E-state index >= 15 is 0 Å². The summed E-state index contributed by atoms with van der Waals surface area (Å²) in [5.74, 6) is 5.75. The summed E-state index contributed by atoms with van der Waals surface area (Å²) in [6.45, 7) is 14.0. The first-order chi connectivity index (χ1) is 29.9. The van der Waals surface area contributed by atoms with Gasteiger partial charge in [0.2, 0.25) is 11.8 Å². The number of anilines is 1. The minimum atomic E-state index is -0.00345. The predicted octanol–water partition coefficient (Wildman–Crippen LogP) is 11.8. The lowest BCUT2D eigenvalue weighted by Gasteiger charge is -2.27. The molecule has 4 atom stereocenters. The molecule has 324 valence electrons. The van der Waals surface area contributed by atoms with Gasteiger partial charge in [-0.3, -0.25) is 9.59 Å². The van der Waals surface area contributed by atoms with Crippen LogP contribution in [0, 0.1) is 27.2 Å². The summed E-state index contributed by atoms with van der Waals surface area (Å²) in [5, 5.41) is 0. The number of rotatable bonds is 12. The molecule has 0 radical (unpaired) electrons. The Balaban J connectivity index is 0.000000186. The number of H-pyrrole nitrogens is 2. The van der Waals surface area contributed by atoms with Crippen molar-refractivity contribution in [1.29, 1.82) is 0 Å². The number of para-hydroxylation sites is 2. The Morgan fingerprint density at radius 3 is 1.55 bits per heavy atom. The molecule has 11 nitrogen and oxygen atoms in total. The van der Waals surface area contributed by atoms with Crippen molar-refractivity contribution in [2.24, 2.45) is 23.7 Å². The van der Waals surface area contributed by atoms with Gasteiger partial charge in [-0.1, -0.05) is 90.1 Å². The summed E-state index contributed by atoms with van der Waals surface area (Å²) in [6, 6.07) is 31.2. The highest BCUT2D eigenvalue weighted by molar-refractivity contribution is 14.1. The molecule has 4 heterocycles. The van der Waals surface area contributed by atoms with Gasteiger partial charge in [-0.2, -0.15) is 0 Å². The molecular formula is C50H58IN7O4. The number of carbonyl (C=O) groups is 2. The molecule has 2 aliphatic heterocycles. The molecule has 62 heavy (non-hydrogen) atoms. The largest absolute Gasteiger partial charge is 0.456 e. The van der Waals surface area contributed by atoms with Crippen LogP contribution in [0.25, 0.3) is 22.5 Å². The number of nitrogens with zero attached hydrogens (tertiary/aromatic N) is 4. The molecule has 2 aliphatic rings. The Labute approximate surface area is 379 Å². The van der Waals surface area contributed by atoms with Crippen LogP contribution in [0.15, 0.2) is 109 Å². The maximum Gasteiger partial charge on any atom is 0.226 e. The molecule has 12 heteroatoms. The number of nitrogens with two attached hydrogens (primary N) is 1. The average Bonchev–Trinajstić information content (AvgIpc) is 4.13. The fourth-order valence-corrected chi connectivity index (χ4v) is 8.24. The van der Waals surface area contributed by atoms with E-state index in [2.05, 4.69) is 76.3 Å². The minimum Gasteiger partial charge on any atom is -0.456 e. The minimum absolute atomic E-state index is 0.00345. The Morgan fingerprint density at radius 1 is 0.645 bits per heavy atom. The van der Waals surface area contributed by atoms with Crippen LogP contribution in [0.1, 0.15) is 91.0 Å². The van der Waals surface area contributed by atoms with Crippen molar-refractivity contribution >= 4 is 40.1 Å². The quantitative estimate of drug-likeness (QED) is 0.0819. The summed E-state index contributed by atoms with van der Waals surface area (Å²) in [5.41, 5.74) is 10.5. The van der Waals surface area contributed by atoms with Crippen molar-refractivity contribution in [3.05, 3.63) is 125 Å². The fourth-order valence-electron chi connectivity index (χ4n) is 7.80. The number of benzene rings is 4. The van der Waals surface area contributed by atoms with Crippen molar-refractivity contribution in [1.82, 2.24) is 29.7 Å². The molecule has 0 bridgehead atoms. The van der Waals surface area contributed by atoms with E-state index in [4.69, 9.17) is 15.2 Å². The van der Waals surface area contributed by atoms with Gasteiger partial charge in [-0.15, -0.1) is 0 Å². The van der Waals surface area contributed by atoms with E-state index < -0.39 is 0 Å². The monoisotopic (exact) mass is 947 g/mol. The van der Waals surface area contributed by atoms with Gasteiger partial charge >= 0.3 is 0 Å². The molecule has 4 N–H and O–H groups in total. The van der Waals surface area contributed by atoms with Crippen molar-refractivity contribution in [2.75, 3.05) is 18.8 Å². The molecule has 2 saturated heterocycles. The van der Waals surface area contributed by atoms with Gasteiger partial charge in [-0.05, 0) is 109 Å². The van der Waals surface area contributed by atoms with Crippen LogP contribution < -0.4 is 15.2 Å². The average molecular weight is 948 g/mol. The second-order valence-electron chi connectivity index (χ2n) is 17.0. The number of carbonyl (C=O) groups excluding carboxylic acids is 2. The fraction of sp³-hybridized carbons (Fsp3) is 0.360. The van der Waals surface area contributed by atoms with E-state index in [0.717, 1.165) is 93.8 Å². The first kappa shape index (κ1) is 44.4. The zero-order chi connectivity index (χ0) is 43.9. The first-order valence-electron chi connectivity index (χ1n) is 21.7. The molecule has 2 fully saturated rings. The maximum absolute atomic E-state index is 13.0. The standard InChI is InChI=1S/C25H28IN3O2.C25H30N4O2/c2*1-16(2)17(3)25(30)29-13-7-10-22(29)24-27-15-21(28-24)18-11-12-20(26)23(14-18)31-19-8-5-4-6-9-19/h4-6,8-9,11-12,14-17,22H,7,10,13H2,1-3H3,(H,27,28);4-6,8-9,11-12,14-17,22H,7,10,13,26H2,1-3H3,(H,27,28)/t2*17-,22-/m00/s1. The Bertz CT molecular complexity index is 2260. The van der Waals surface area contributed by atoms with Crippen molar-refractivity contribution in [3.63, 3.8) is 0 Å². The topological polar surface area (TPSA) is 142 Å². The van der Waals surface area contributed by atoms with Gasteiger partial charge in [-0.25, -0.2) is 9.97 Å². The smallest absolute Gasteiger partial charge is 0.226 e. The summed E-state index contributed by atoms with van der Waals surface area (Å²) in [4.78, 5) is 46.1. The number of likely N-dealkylation sites (tertiary alicyclic amines) is 2. The van der Waals surface area contributed by atoms with Gasteiger partial charge in [0.05, 0.1) is 45.1 Å². The summed E-state index contributed by atoms with van der Waals surface area (Å²) in [7, 11) is 0. The van der Waals surface area contributed by atoms with Crippen LogP contribution in [-0.2, 0) is 9.59 Å². The molecule has 0 unspecified atom stereocenters. The molecule has 6 aromatic rings. The van der Waals surface area contributed by atoms with Gasteiger partial charge < -0.3 is 35.0 Å². The molecule has 8 rings (SSSR count). The number of hydrogen-bond donors (Lipinski definition) is 3. The molecule has 0 aliphatic carbocycles. The molecule has 2 aromatic heterocycles. The second kappa shape index (κ2) is 20.0. The number of imidazole rings is 2. The number of aromatic amines is 2. The van der Waals surface area contributed by atoms with Crippen LogP contribution in [0.2, 0.25) is 0 Å². The van der Waals surface area contributed by atoms with Crippen molar-refractivity contribution in [3.8, 4) is 45.5 Å². The number of amides is 2. The van der Waals surface area contributed by atoms with E-state index in [0.29, 0.717) is 23.3 Å². The van der Waals surface area contributed by atoms with Crippen molar-refractivity contribution in [2.45, 2.75) is 79.3 Å². The number of halogens is 1. The Kier molecular flexibility index (Phi) is 14.4. The predicted molar refractivity (Wildman–Crippen MR) is 254 cm³/mol.